The number of hydrogen-bond acceptors (Lipinski definition) is 6. The van der Waals surface area contributed by atoms with Crippen LogP contribution in [0.25, 0.3) is 0 Å². The molecular weight excluding hydrogens is 334 g/mol. The monoisotopic (exact) mass is 361 g/mol. The highest BCUT2D eigenvalue weighted by Crippen LogP contribution is 2.53. The van der Waals surface area contributed by atoms with Gasteiger partial charge >= 0.3 is 0 Å². The molecule has 1 unspecified atom stereocenters. The maximum Gasteiger partial charge on any atom is 0.248 e. The predicted octanol–water partition coefficient (Wildman–Crippen LogP) is 1.97. The third kappa shape index (κ3) is 2.14. The largest absolute Gasteiger partial charge is 0.345 e. The molecule has 6 nitrogen and oxygen atoms in total. The van der Waals surface area contributed by atoms with Crippen LogP contribution in [0.1, 0.15) is 25.7 Å². The van der Waals surface area contributed by atoms with E-state index in [9.17, 15) is 4.79 Å². The van der Waals surface area contributed by atoms with Crippen molar-refractivity contribution in [3.8, 4) is 0 Å². The zero-order valence-corrected chi connectivity index (χ0v) is 16.0. The van der Waals surface area contributed by atoms with Gasteiger partial charge < -0.3 is 18.9 Å². The number of methoxy groups -OCH3 is 4. The van der Waals surface area contributed by atoms with Gasteiger partial charge in [0.05, 0.1) is 5.54 Å². The summed E-state index contributed by atoms with van der Waals surface area (Å²) >= 11 is 0. The lowest BCUT2D eigenvalue weighted by atomic mass is 9.78. The SMILES string of the molecule is COC1(OC)C=C2CCN3CCCC34CC(=O)C=C4C2=CC1(OC)OC. The van der Waals surface area contributed by atoms with Gasteiger partial charge in [0.15, 0.2) is 5.78 Å². The Labute approximate surface area is 154 Å². The Balaban J connectivity index is 1.92. The average molecular weight is 361 g/mol. The minimum atomic E-state index is -1.23. The molecule has 1 atom stereocenters. The zero-order chi connectivity index (χ0) is 18.6. The van der Waals surface area contributed by atoms with Crippen LogP contribution in [0.3, 0.4) is 0 Å². The van der Waals surface area contributed by atoms with E-state index in [1.807, 2.05) is 18.2 Å². The van der Waals surface area contributed by atoms with Crippen molar-refractivity contribution in [2.24, 2.45) is 0 Å². The van der Waals surface area contributed by atoms with Crippen molar-refractivity contribution in [1.29, 1.82) is 0 Å². The molecule has 0 amide bonds. The highest BCUT2D eigenvalue weighted by molar-refractivity contribution is 5.97. The first-order valence-corrected chi connectivity index (χ1v) is 9.16. The lowest BCUT2D eigenvalue weighted by Gasteiger charge is -2.46. The number of carbonyl (C=O) groups excluding carboxylic acids is 1. The van der Waals surface area contributed by atoms with E-state index < -0.39 is 11.6 Å². The van der Waals surface area contributed by atoms with Gasteiger partial charge in [-0.25, -0.2) is 0 Å². The Hall–Kier alpha value is -1.31. The molecule has 0 N–H and O–H groups in total. The third-order valence-corrected chi connectivity index (χ3v) is 6.58. The fourth-order valence-electron chi connectivity index (χ4n) is 5.30. The van der Waals surface area contributed by atoms with Crippen molar-refractivity contribution in [2.75, 3.05) is 41.5 Å². The smallest absolute Gasteiger partial charge is 0.248 e. The summed E-state index contributed by atoms with van der Waals surface area (Å²) in [6, 6.07) is 0. The third-order valence-electron chi connectivity index (χ3n) is 6.58. The van der Waals surface area contributed by atoms with Gasteiger partial charge in [-0.05, 0) is 60.8 Å². The minimum absolute atomic E-state index is 0.175. The van der Waals surface area contributed by atoms with Gasteiger partial charge in [-0.2, -0.15) is 0 Å². The van der Waals surface area contributed by atoms with Crippen LogP contribution in [-0.4, -0.2) is 69.3 Å². The van der Waals surface area contributed by atoms with Crippen LogP contribution < -0.4 is 0 Å². The molecule has 2 fully saturated rings. The predicted molar refractivity (Wildman–Crippen MR) is 95.5 cm³/mol. The lowest BCUT2D eigenvalue weighted by Crippen LogP contribution is -2.58. The molecule has 2 heterocycles. The van der Waals surface area contributed by atoms with Gasteiger partial charge in [-0.3, -0.25) is 9.69 Å². The Morgan fingerprint density at radius 2 is 1.62 bits per heavy atom. The Bertz CT molecular complexity index is 714. The first-order valence-electron chi connectivity index (χ1n) is 9.16. The highest BCUT2D eigenvalue weighted by Gasteiger charge is 2.58. The first-order chi connectivity index (χ1) is 12.5. The number of nitrogens with zero attached hydrogens (tertiary/aromatic N) is 1. The number of ketones is 1. The van der Waals surface area contributed by atoms with Crippen molar-refractivity contribution in [2.45, 2.75) is 42.8 Å². The molecule has 4 rings (SSSR count). The van der Waals surface area contributed by atoms with Crippen molar-refractivity contribution < 1.29 is 23.7 Å². The van der Waals surface area contributed by atoms with Crippen LogP contribution in [0.4, 0.5) is 0 Å². The molecule has 6 heteroatoms. The summed E-state index contributed by atoms with van der Waals surface area (Å²) in [4.78, 5) is 14.9. The Morgan fingerprint density at radius 3 is 2.27 bits per heavy atom. The van der Waals surface area contributed by atoms with Crippen LogP contribution in [0.5, 0.6) is 0 Å². The molecular formula is C20H27NO5. The zero-order valence-electron chi connectivity index (χ0n) is 16.0. The summed E-state index contributed by atoms with van der Waals surface area (Å²) in [7, 11) is 6.32. The van der Waals surface area contributed by atoms with E-state index in [4.69, 9.17) is 18.9 Å². The number of allylic oxidation sites excluding steroid dienone is 1. The summed E-state index contributed by atoms with van der Waals surface area (Å²) < 4.78 is 23.1. The molecule has 0 aromatic heterocycles. The molecule has 1 spiro atoms. The summed E-state index contributed by atoms with van der Waals surface area (Å²) in [5.74, 6) is -2.21. The molecule has 2 saturated heterocycles. The number of fused-ring (bicyclic) bond motifs is 2. The molecule has 0 bridgehead atoms. The molecule has 0 aromatic carbocycles. The molecule has 0 aromatic rings. The van der Waals surface area contributed by atoms with Crippen LogP contribution in [0.15, 0.2) is 34.9 Å². The summed E-state index contributed by atoms with van der Waals surface area (Å²) in [5.41, 5.74) is 3.08. The minimum Gasteiger partial charge on any atom is -0.345 e. The fraction of sp³-hybridized carbons (Fsp3) is 0.650. The molecule has 0 saturated carbocycles. The molecule has 4 aliphatic rings. The molecule has 2 aliphatic carbocycles. The summed E-state index contributed by atoms with van der Waals surface area (Å²) in [6.07, 6.45) is 9.32. The van der Waals surface area contributed by atoms with Gasteiger partial charge in [-0.15, -0.1) is 0 Å². The number of ether oxygens (including phenoxy) is 4. The van der Waals surface area contributed by atoms with Gasteiger partial charge in [0.1, 0.15) is 0 Å². The fourth-order valence-corrected chi connectivity index (χ4v) is 5.30. The Kier molecular flexibility index (Phi) is 4.24. The van der Waals surface area contributed by atoms with E-state index in [0.29, 0.717) is 6.42 Å². The van der Waals surface area contributed by atoms with E-state index in [1.165, 1.54) is 0 Å². The number of hydrogen-bond donors (Lipinski definition) is 0. The van der Waals surface area contributed by atoms with E-state index >= 15 is 0 Å². The van der Waals surface area contributed by atoms with E-state index in [-0.39, 0.29) is 11.3 Å². The Morgan fingerprint density at radius 1 is 0.962 bits per heavy atom. The van der Waals surface area contributed by atoms with Crippen LogP contribution in [0, 0.1) is 0 Å². The summed E-state index contributed by atoms with van der Waals surface area (Å²) in [5, 5.41) is 0. The second kappa shape index (κ2) is 6.11. The second-order valence-electron chi connectivity index (χ2n) is 7.45. The topological polar surface area (TPSA) is 57.2 Å². The normalized spacial score (nSPS) is 32.2. The van der Waals surface area contributed by atoms with Crippen molar-refractivity contribution in [3.63, 3.8) is 0 Å². The van der Waals surface area contributed by atoms with E-state index in [1.54, 1.807) is 28.4 Å². The van der Waals surface area contributed by atoms with Crippen molar-refractivity contribution in [3.05, 3.63) is 34.9 Å². The maximum atomic E-state index is 12.4. The van der Waals surface area contributed by atoms with Gasteiger partial charge in [0, 0.05) is 41.4 Å². The van der Waals surface area contributed by atoms with Crippen LogP contribution >= 0.6 is 0 Å². The number of rotatable bonds is 4. The van der Waals surface area contributed by atoms with Crippen molar-refractivity contribution >= 4 is 5.78 Å². The molecule has 2 aliphatic heterocycles. The van der Waals surface area contributed by atoms with Crippen molar-refractivity contribution in [1.82, 2.24) is 4.90 Å². The summed E-state index contributed by atoms with van der Waals surface area (Å²) in [6.45, 7) is 1.95. The molecule has 142 valence electrons. The van der Waals surface area contributed by atoms with E-state index in [0.717, 1.165) is 49.1 Å². The lowest BCUT2D eigenvalue weighted by molar-refractivity contribution is -0.345. The standard InChI is InChI=1S/C20H27NO5/c1-23-19(24-2)11-14-6-9-21-8-5-7-18(21)12-15(22)10-17(18)16(14)13-20(19,25-3)26-4/h10-11,13H,5-9,12H2,1-4H3. The molecule has 26 heavy (non-hydrogen) atoms. The van der Waals surface area contributed by atoms with E-state index in [2.05, 4.69) is 4.90 Å². The van der Waals surface area contributed by atoms with Crippen LogP contribution in [0.2, 0.25) is 0 Å². The first kappa shape index (κ1) is 18.1. The quantitative estimate of drug-likeness (QED) is 0.714. The molecule has 0 radical (unpaired) electrons. The highest BCUT2D eigenvalue weighted by atomic mass is 16.8. The van der Waals surface area contributed by atoms with Gasteiger partial charge in [0.2, 0.25) is 11.6 Å². The second-order valence-corrected chi connectivity index (χ2v) is 7.45. The maximum absolute atomic E-state index is 12.4. The average Bonchev–Trinajstić information content (AvgIpc) is 3.19. The van der Waals surface area contributed by atoms with Gasteiger partial charge in [-0.1, -0.05) is 0 Å². The van der Waals surface area contributed by atoms with Gasteiger partial charge in [0.25, 0.3) is 0 Å². The van der Waals surface area contributed by atoms with Crippen LogP contribution in [-0.2, 0) is 23.7 Å². The number of carbonyl (C=O) groups is 1.